The number of piperidine rings is 1. The summed E-state index contributed by atoms with van der Waals surface area (Å²) in [7, 11) is 0. The van der Waals surface area contributed by atoms with Crippen molar-refractivity contribution in [1.82, 2.24) is 9.80 Å². The molecule has 1 fully saturated rings. The number of carbonyl (C=O) groups is 1. The normalized spacial score (nSPS) is 19.3. The minimum absolute atomic E-state index is 0.293. The Hall–Kier alpha value is -1.07. The van der Waals surface area contributed by atoms with E-state index in [1.807, 2.05) is 4.90 Å². The first-order valence-electron chi connectivity index (χ1n) is 9.83. The maximum absolute atomic E-state index is 12.1. The SMILES string of the molecule is CCCC(=O)N1CCc2cc(OC3CCN(CC(C)C)CC3)sc2C1. The van der Waals surface area contributed by atoms with Gasteiger partial charge in [-0.3, -0.25) is 4.79 Å². The molecule has 1 saturated heterocycles. The van der Waals surface area contributed by atoms with Crippen molar-refractivity contribution >= 4 is 17.2 Å². The lowest BCUT2D eigenvalue weighted by atomic mass is 10.1. The molecule has 0 bridgehead atoms. The zero-order valence-electron chi connectivity index (χ0n) is 15.9. The number of fused-ring (bicyclic) bond motifs is 1. The highest BCUT2D eigenvalue weighted by atomic mass is 32.1. The molecule has 3 heterocycles. The fourth-order valence-corrected chi connectivity index (χ4v) is 4.97. The van der Waals surface area contributed by atoms with Crippen LogP contribution in [0.25, 0.3) is 0 Å². The number of nitrogens with zero attached hydrogens (tertiary/aromatic N) is 2. The van der Waals surface area contributed by atoms with Gasteiger partial charge in [0.05, 0.1) is 6.54 Å². The summed E-state index contributed by atoms with van der Waals surface area (Å²) in [5, 5.41) is 1.05. The Balaban J connectivity index is 1.52. The van der Waals surface area contributed by atoms with Crippen molar-refractivity contribution in [2.45, 2.75) is 65.5 Å². The molecule has 2 aliphatic rings. The van der Waals surface area contributed by atoms with Gasteiger partial charge in [0.15, 0.2) is 5.06 Å². The standard InChI is InChI=1S/C20H32N2O2S/c1-4-5-19(23)22-11-6-16-12-20(25-18(16)14-22)24-17-7-9-21(10-8-17)13-15(2)3/h12,15,17H,4-11,13-14H2,1-3H3. The van der Waals surface area contributed by atoms with Gasteiger partial charge in [-0.2, -0.15) is 0 Å². The third-order valence-electron chi connectivity index (χ3n) is 5.12. The molecule has 0 saturated carbocycles. The van der Waals surface area contributed by atoms with E-state index in [1.54, 1.807) is 11.3 Å². The predicted octanol–water partition coefficient (Wildman–Crippen LogP) is 3.93. The zero-order chi connectivity index (χ0) is 17.8. The largest absolute Gasteiger partial charge is 0.481 e. The van der Waals surface area contributed by atoms with Gasteiger partial charge in [0.25, 0.3) is 0 Å². The second-order valence-corrected chi connectivity index (χ2v) is 8.94. The predicted molar refractivity (Wildman–Crippen MR) is 103 cm³/mol. The Morgan fingerprint density at radius 1 is 1.32 bits per heavy atom. The first kappa shape index (κ1) is 18.7. The Morgan fingerprint density at radius 2 is 2.08 bits per heavy atom. The van der Waals surface area contributed by atoms with E-state index in [9.17, 15) is 4.79 Å². The summed E-state index contributed by atoms with van der Waals surface area (Å²) >= 11 is 1.75. The van der Waals surface area contributed by atoms with Gasteiger partial charge >= 0.3 is 0 Å². The number of carbonyl (C=O) groups excluding carboxylic acids is 1. The highest BCUT2D eigenvalue weighted by Crippen LogP contribution is 2.35. The average Bonchev–Trinajstić information content (AvgIpc) is 2.97. The fraction of sp³-hybridized carbons (Fsp3) is 0.750. The summed E-state index contributed by atoms with van der Waals surface area (Å²) in [6.45, 7) is 11.8. The van der Waals surface area contributed by atoms with Crippen molar-refractivity contribution in [1.29, 1.82) is 0 Å². The molecule has 2 aliphatic heterocycles. The summed E-state index contributed by atoms with van der Waals surface area (Å²) in [5.74, 6) is 1.03. The average molecular weight is 365 g/mol. The van der Waals surface area contributed by atoms with E-state index in [4.69, 9.17) is 4.74 Å². The lowest BCUT2D eigenvalue weighted by Crippen LogP contribution is -2.39. The van der Waals surface area contributed by atoms with E-state index in [0.29, 0.717) is 18.4 Å². The smallest absolute Gasteiger partial charge is 0.222 e. The Kier molecular flexibility index (Phi) is 6.39. The van der Waals surface area contributed by atoms with Crippen molar-refractivity contribution in [3.63, 3.8) is 0 Å². The molecule has 0 radical (unpaired) electrons. The van der Waals surface area contributed by atoms with Gasteiger partial charge in [0.1, 0.15) is 6.10 Å². The quantitative estimate of drug-likeness (QED) is 0.767. The maximum atomic E-state index is 12.1. The number of thiophene rings is 1. The number of hydrogen-bond donors (Lipinski definition) is 0. The van der Waals surface area contributed by atoms with Crippen molar-refractivity contribution in [2.24, 2.45) is 5.92 Å². The van der Waals surface area contributed by atoms with E-state index in [1.165, 1.54) is 17.0 Å². The first-order chi connectivity index (χ1) is 12.0. The van der Waals surface area contributed by atoms with E-state index >= 15 is 0 Å². The molecule has 0 aliphatic carbocycles. The Labute approximate surface area is 156 Å². The van der Waals surface area contributed by atoms with Crippen LogP contribution in [0.5, 0.6) is 5.06 Å². The molecule has 0 spiro atoms. The molecule has 5 heteroatoms. The van der Waals surface area contributed by atoms with Crippen LogP contribution in [0.15, 0.2) is 6.07 Å². The molecule has 0 N–H and O–H groups in total. The molecule has 1 aromatic heterocycles. The third-order valence-corrected chi connectivity index (χ3v) is 6.17. The molecule has 0 unspecified atom stereocenters. The summed E-state index contributed by atoms with van der Waals surface area (Å²) in [6.07, 6.45) is 5.15. The van der Waals surface area contributed by atoms with Crippen molar-refractivity contribution in [3.05, 3.63) is 16.5 Å². The monoisotopic (exact) mass is 364 g/mol. The van der Waals surface area contributed by atoms with E-state index in [-0.39, 0.29) is 0 Å². The van der Waals surface area contributed by atoms with Gasteiger partial charge in [0, 0.05) is 37.5 Å². The number of rotatable bonds is 6. The molecule has 140 valence electrons. The molecular formula is C20H32N2O2S. The van der Waals surface area contributed by atoms with Gasteiger partial charge in [-0.1, -0.05) is 20.8 Å². The third kappa shape index (κ3) is 4.98. The van der Waals surface area contributed by atoms with E-state index in [2.05, 4.69) is 31.7 Å². The lowest BCUT2D eigenvalue weighted by Gasteiger charge is -2.32. The first-order valence-corrected chi connectivity index (χ1v) is 10.6. The summed E-state index contributed by atoms with van der Waals surface area (Å²) in [6, 6.07) is 2.22. The number of amides is 1. The van der Waals surface area contributed by atoms with Crippen LogP contribution in [0.1, 0.15) is 56.9 Å². The van der Waals surface area contributed by atoms with E-state index in [0.717, 1.165) is 62.8 Å². The lowest BCUT2D eigenvalue weighted by molar-refractivity contribution is -0.132. The van der Waals surface area contributed by atoms with Gasteiger partial charge in [0.2, 0.25) is 5.91 Å². The highest BCUT2D eigenvalue weighted by molar-refractivity contribution is 7.14. The molecule has 0 aromatic carbocycles. The van der Waals surface area contributed by atoms with E-state index < -0.39 is 0 Å². The second-order valence-electron chi connectivity index (χ2n) is 7.84. The Bertz CT molecular complexity index is 576. The van der Waals surface area contributed by atoms with Crippen molar-refractivity contribution in [3.8, 4) is 5.06 Å². The van der Waals surface area contributed by atoms with Gasteiger partial charge in [-0.05, 0) is 43.2 Å². The van der Waals surface area contributed by atoms with Crippen LogP contribution in [-0.2, 0) is 17.8 Å². The molecular weight excluding hydrogens is 332 g/mol. The molecule has 25 heavy (non-hydrogen) atoms. The zero-order valence-corrected chi connectivity index (χ0v) is 16.7. The maximum Gasteiger partial charge on any atom is 0.222 e. The van der Waals surface area contributed by atoms with Gasteiger partial charge in [-0.15, -0.1) is 11.3 Å². The van der Waals surface area contributed by atoms with Crippen LogP contribution in [0.4, 0.5) is 0 Å². The van der Waals surface area contributed by atoms with Crippen LogP contribution in [-0.4, -0.2) is 48.0 Å². The van der Waals surface area contributed by atoms with Crippen LogP contribution in [0.3, 0.4) is 0 Å². The van der Waals surface area contributed by atoms with Crippen molar-refractivity contribution in [2.75, 3.05) is 26.2 Å². The van der Waals surface area contributed by atoms with Crippen LogP contribution in [0, 0.1) is 5.92 Å². The van der Waals surface area contributed by atoms with Crippen LogP contribution in [0.2, 0.25) is 0 Å². The van der Waals surface area contributed by atoms with Gasteiger partial charge in [-0.25, -0.2) is 0 Å². The molecule has 1 amide bonds. The minimum Gasteiger partial charge on any atom is -0.481 e. The number of ether oxygens (including phenoxy) is 1. The second kappa shape index (κ2) is 8.54. The number of hydrogen-bond acceptors (Lipinski definition) is 4. The fourth-order valence-electron chi connectivity index (χ4n) is 3.83. The molecule has 3 rings (SSSR count). The van der Waals surface area contributed by atoms with Crippen LogP contribution >= 0.6 is 11.3 Å². The minimum atomic E-state index is 0.293. The summed E-state index contributed by atoms with van der Waals surface area (Å²) in [5.41, 5.74) is 1.39. The topological polar surface area (TPSA) is 32.8 Å². The van der Waals surface area contributed by atoms with Crippen LogP contribution < -0.4 is 4.74 Å². The molecule has 0 atom stereocenters. The van der Waals surface area contributed by atoms with Crippen molar-refractivity contribution < 1.29 is 9.53 Å². The highest BCUT2D eigenvalue weighted by Gasteiger charge is 2.25. The number of likely N-dealkylation sites (tertiary alicyclic amines) is 1. The molecule has 4 nitrogen and oxygen atoms in total. The Morgan fingerprint density at radius 3 is 2.76 bits per heavy atom. The summed E-state index contributed by atoms with van der Waals surface area (Å²) < 4.78 is 6.29. The van der Waals surface area contributed by atoms with Gasteiger partial charge < -0.3 is 14.5 Å². The summed E-state index contributed by atoms with van der Waals surface area (Å²) in [4.78, 5) is 18.0. The molecule has 1 aromatic rings.